The number of carbonyl (C=O) groups is 1. The molecular weight excluding hydrogens is 298 g/mol. The summed E-state index contributed by atoms with van der Waals surface area (Å²) in [7, 11) is 1.76. The number of nitrogens with zero attached hydrogens (tertiary/aromatic N) is 4. The molecule has 1 N–H and O–H groups in total. The number of aromatic nitrogens is 4. The molecule has 8 heteroatoms. The van der Waals surface area contributed by atoms with E-state index in [0.717, 1.165) is 0 Å². The van der Waals surface area contributed by atoms with Crippen LogP contribution in [-0.2, 0) is 7.05 Å². The highest BCUT2D eigenvalue weighted by atomic mass is 16.5. The van der Waals surface area contributed by atoms with Crippen LogP contribution in [0, 0.1) is 0 Å². The first kappa shape index (κ1) is 14.8. The smallest absolute Gasteiger partial charge is 0.322 e. The molecule has 0 radical (unpaired) electrons. The van der Waals surface area contributed by atoms with E-state index in [2.05, 4.69) is 20.6 Å². The van der Waals surface area contributed by atoms with Crippen molar-refractivity contribution in [3.8, 4) is 17.3 Å². The van der Waals surface area contributed by atoms with E-state index >= 15 is 0 Å². The number of hydrogen-bond donors (Lipinski definition) is 1. The molecule has 0 spiro atoms. The molecule has 0 saturated carbocycles. The Kier molecular flexibility index (Phi) is 4.05. The number of rotatable bonds is 5. The summed E-state index contributed by atoms with van der Waals surface area (Å²) in [5, 5.41) is 14.3. The van der Waals surface area contributed by atoms with Crippen molar-refractivity contribution in [3.63, 3.8) is 0 Å². The summed E-state index contributed by atoms with van der Waals surface area (Å²) in [6.07, 6.45) is 1.62. The lowest BCUT2D eigenvalue weighted by atomic mass is 10.2. The second-order valence-corrected chi connectivity index (χ2v) is 4.66. The van der Waals surface area contributed by atoms with Gasteiger partial charge in [0.1, 0.15) is 11.4 Å². The van der Waals surface area contributed by atoms with Crippen LogP contribution in [0.25, 0.3) is 11.6 Å². The van der Waals surface area contributed by atoms with Crippen molar-refractivity contribution in [1.82, 2.24) is 20.0 Å². The summed E-state index contributed by atoms with van der Waals surface area (Å²) in [4.78, 5) is 12.1. The topological polar surface area (TPSA) is 95.1 Å². The van der Waals surface area contributed by atoms with E-state index in [4.69, 9.17) is 9.15 Å². The summed E-state index contributed by atoms with van der Waals surface area (Å²) in [5.41, 5.74) is 1.13. The van der Waals surface area contributed by atoms with E-state index in [-0.39, 0.29) is 17.8 Å². The van der Waals surface area contributed by atoms with E-state index < -0.39 is 0 Å². The molecule has 8 nitrogen and oxygen atoms in total. The van der Waals surface area contributed by atoms with Gasteiger partial charge in [-0.3, -0.25) is 14.8 Å². The fourth-order valence-electron chi connectivity index (χ4n) is 2.00. The van der Waals surface area contributed by atoms with E-state index in [1.165, 1.54) is 0 Å². The van der Waals surface area contributed by atoms with Crippen molar-refractivity contribution in [3.05, 3.63) is 42.1 Å². The van der Waals surface area contributed by atoms with Gasteiger partial charge >= 0.3 is 6.01 Å². The first-order chi connectivity index (χ1) is 11.2. The maximum atomic E-state index is 12.1. The molecule has 0 atom stereocenters. The van der Waals surface area contributed by atoms with Crippen molar-refractivity contribution in [2.75, 3.05) is 11.9 Å². The van der Waals surface area contributed by atoms with Crippen LogP contribution in [0.15, 0.2) is 40.9 Å². The maximum Gasteiger partial charge on any atom is 0.322 e. The molecule has 1 amide bonds. The molecule has 2 aromatic heterocycles. The quantitative estimate of drug-likeness (QED) is 0.775. The van der Waals surface area contributed by atoms with E-state index in [1.54, 1.807) is 48.3 Å². The standard InChI is InChI=1S/C15H15N5O3/c1-3-22-11-6-4-10(5-7-11)13(21)17-15-19-18-14(23-15)12-8-9-16-20(12)2/h4-9H,3H2,1-2H3,(H,17,19,21). The van der Waals surface area contributed by atoms with Crippen molar-refractivity contribution in [2.45, 2.75) is 6.92 Å². The van der Waals surface area contributed by atoms with Gasteiger partial charge in [-0.25, -0.2) is 0 Å². The molecule has 0 unspecified atom stereocenters. The summed E-state index contributed by atoms with van der Waals surface area (Å²) in [6, 6.07) is 8.56. The van der Waals surface area contributed by atoms with Gasteiger partial charge in [-0.1, -0.05) is 5.10 Å². The molecule has 0 bridgehead atoms. The lowest BCUT2D eigenvalue weighted by molar-refractivity contribution is 0.102. The zero-order valence-corrected chi connectivity index (χ0v) is 12.7. The summed E-state index contributed by atoms with van der Waals surface area (Å²) in [5.74, 6) is 0.653. The van der Waals surface area contributed by atoms with Gasteiger partial charge in [0.05, 0.1) is 6.61 Å². The summed E-state index contributed by atoms with van der Waals surface area (Å²) in [6.45, 7) is 2.47. The predicted molar refractivity (Wildman–Crippen MR) is 82.1 cm³/mol. The van der Waals surface area contributed by atoms with E-state index in [9.17, 15) is 4.79 Å². The monoisotopic (exact) mass is 313 g/mol. The zero-order valence-electron chi connectivity index (χ0n) is 12.7. The predicted octanol–water partition coefficient (Wildman–Crippen LogP) is 2.12. The Morgan fingerprint density at radius 2 is 2.04 bits per heavy atom. The van der Waals surface area contributed by atoms with Gasteiger partial charge < -0.3 is 9.15 Å². The number of ether oxygens (including phenoxy) is 1. The Hall–Kier alpha value is -3.16. The van der Waals surface area contributed by atoms with Gasteiger partial charge in [-0.05, 0) is 37.3 Å². The van der Waals surface area contributed by atoms with Crippen LogP contribution < -0.4 is 10.1 Å². The Bertz CT molecular complexity index is 807. The normalized spacial score (nSPS) is 10.5. The highest BCUT2D eigenvalue weighted by Crippen LogP contribution is 2.19. The SMILES string of the molecule is CCOc1ccc(C(=O)Nc2nnc(-c3ccnn3C)o2)cc1. The minimum atomic E-state index is -0.340. The summed E-state index contributed by atoms with van der Waals surface area (Å²) >= 11 is 0. The molecular formula is C15H15N5O3. The van der Waals surface area contributed by atoms with Crippen molar-refractivity contribution >= 4 is 11.9 Å². The molecule has 118 valence electrons. The van der Waals surface area contributed by atoms with Gasteiger partial charge in [0.25, 0.3) is 11.8 Å². The first-order valence-corrected chi connectivity index (χ1v) is 7.03. The van der Waals surface area contributed by atoms with Crippen LogP contribution >= 0.6 is 0 Å². The lowest BCUT2D eigenvalue weighted by Crippen LogP contribution is -2.12. The van der Waals surface area contributed by atoms with Gasteiger partial charge in [0.2, 0.25) is 0 Å². The molecule has 0 aliphatic heterocycles. The maximum absolute atomic E-state index is 12.1. The largest absolute Gasteiger partial charge is 0.494 e. The summed E-state index contributed by atoms with van der Waals surface area (Å²) < 4.78 is 12.4. The van der Waals surface area contributed by atoms with Crippen LogP contribution in [-0.4, -0.2) is 32.5 Å². The van der Waals surface area contributed by atoms with Crippen molar-refractivity contribution in [2.24, 2.45) is 7.05 Å². The number of amides is 1. The fraction of sp³-hybridized carbons (Fsp3) is 0.200. The lowest BCUT2D eigenvalue weighted by Gasteiger charge is -2.04. The highest BCUT2D eigenvalue weighted by Gasteiger charge is 2.14. The molecule has 0 saturated heterocycles. The fourth-order valence-corrected chi connectivity index (χ4v) is 2.00. The minimum Gasteiger partial charge on any atom is -0.494 e. The Morgan fingerprint density at radius 3 is 2.70 bits per heavy atom. The second-order valence-electron chi connectivity index (χ2n) is 4.66. The number of aryl methyl sites for hydroxylation is 1. The Morgan fingerprint density at radius 1 is 1.26 bits per heavy atom. The van der Waals surface area contributed by atoms with Crippen LogP contribution in [0.3, 0.4) is 0 Å². The van der Waals surface area contributed by atoms with Gasteiger partial charge in [0, 0.05) is 18.8 Å². The average Bonchev–Trinajstić information content (AvgIpc) is 3.17. The number of carbonyl (C=O) groups excluding carboxylic acids is 1. The molecule has 1 aromatic carbocycles. The van der Waals surface area contributed by atoms with Crippen LogP contribution in [0.1, 0.15) is 17.3 Å². The van der Waals surface area contributed by atoms with E-state index in [1.807, 2.05) is 6.92 Å². The Labute approximate surface area is 132 Å². The minimum absolute atomic E-state index is 0.0279. The van der Waals surface area contributed by atoms with Gasteiger partial charge in [0.15, 0.2) is 0 Å². The highest BCUT2D eigenvalue weighted by molar-refractivity contribution is 6.03. The number of hydrogen-bond acceptors (Lipinski definition) is 6. The third kappa shape index (κ3) is 3.20. The Balaban J connectivity index is 1.71. The van der Waals surface area contributed by atoms with Gasteiger partial charge in [-0.15, -0.1) is 5.10 Å². The molecule has 3 rings (SSSR count). The average molecular weight is 313 g/mol. The number of nitrogens with one attached hydrogen (secondary N) is 1. The first-order valence-electron chi connectivity index (χ1n) is 7.03. The second kappa shape index (κ2) is 6.30. The van der Waals surface area contributed by atoms with Crippen molar-refractivity contribution in [1.29, 1.82) is 0 Å². The zero-order chi connectivity index (χ0) is 16.2. The molecule has 0 aliphatic rings. The molecule has 0 fully saturated rings. The molecule has 23 heavy (non-hydrogen) atoms. The van der Waals surface area contributed by atoms with Gasteiger partial charge in [-0.2, -0.15) is 5.10 Å². The van der Waals surface area contributed by atoms with Crippen LogP contribution in [0.4, 0.5) is 6.01 Å². The van der Waals surface area contributed by atoms with Crippen LogP contribution in [0.2, 0.25) is 0 Å². The van der Waals surface area contributed by atoms with Crippen LogP contribution in [0.5, 0.6) is 5.75 Å². The molecule has 2 heterocycles. The molecule has 3 aromatic rings. The van der Waals surface area contributed by atoms with E-state index in [0.29, 0.717) is 23.6 Å². The third-order valence-electron chi connectivity index (χ3n) is 3.11. The van der Waals surface area contributed by atoms with Crippen molar-refractivity contribution < 1.29 is 13.9 Å². The molecule has 0 aliphatic carbocycles. The number of anilines is 1. The third-order valence-corrected chi connectivity index (χ3v) is 3.11. The number of benzene rings is 1.